The second-order valence-corrected chi connectivity index (χ2v) is 3.88. The molecule has 82 valence electrons. The van der Waals surface area contributed by atoms with E-state index in [0.29, 0.717) is 12.0 Å². The van der Waals surface area contributed by atoms with Crippen molar-refractivity contribution < 1.29 is 4.39 Å². The van der Waals surface area contributed by atoms with Crippen LogP contribution in [0.5, 0.6) is 0 Å². The Morgan fingerprint density at radius 1 is 1.53 bits per heavy atom. The lowest BCUT2D eigenvalue weighted by Crippen LogP contribution is -2.36. The minimum absolute atomic E-state index is 0.397. The van der Waals surface area contributed by atoms with Crippen LogP contribution in [0.3, 0.4) is 0 Å². The molecule has 1 aromatic rings. The Labute approximate surface area is 88.5 Å². The summed E-state index contributed by atoms with van der Waals surface area (Å²) in [7, 11) is 1.92. The van der Waals surface area contributed by atoms with Crippen LogP contribution in [-0.2, 0) is 0 Å². The van der Waals surface area contributed by atoms with E-state index in [1.54, 1.807) is 0 Å². The summed E-state index contributed by atoms with van der Waals surface area (Å²) < 4.78 is 12.6. The summed E-state index contributed by atoms with van der Waals surface area (Å²) >= 11 is 0. The minimum atomic E-state index is -0.397. The fourth-order valence-electron chi connectivity index (χ4n) is 1.83. The predicted octanol–water partition coefficient (Wildman–Crippen LogP) is 0.804. The van der Waals surface area contributed by atoms with Crippen molar-refractivity contribution in [2.24, 2.45) is 0 Å². The van der Waals surface area contributed by atoms with Gasteiger partial charge in [0.1, 0.15) is 0 Å². The van der Waals surface area contributed by atoms with Crippen LogP contribution in [0.15, 0.2) is 12.4 Å². The summed E-state index contributed by atoms with van der Waals surface area (Å²) in [6.45, 7) is 1.95. The van der Waals surface area contributed by atoms with Crippen molar-refractivity contribution >= 4 is 5.95 Å². The van der Waals surface area contributed by atoms with Gasteiger partial charge in [0.2, 0.25) is 5.95 Å². The van der Waals surface area contributed by atoms with Crippen molar-refractivity contribution in [3.05, 3.63) is 18.2 Å². The summed E-state index contributed by atoms with van der Waals surface area (Å²) in [5, 5.41) is 3.40. The molecule has 1 aliphatic heterocycles. The van der Waals surface area contributed by atoms with Gasteiger partial charge >= 0.3 is 0 Å². The van der Waals surface area contributed by atoms with Crippen molar-refractivity contribution in [2.45, 2.75) is 18.9 Å². The summed E-state index contributed by atoms with van der Waals surface area (Å²) in [5.41, 5.74) is 0. The van der Waals surface area contributed by atoms with Crippen LogP contribution in [-0.4, -0.2) is 36.1 Å². The maximum Gasteiger partial charge on any atom is 0.225 e. The van der Waals surface area contributed by atoms with Gasteiger partial charge < -0.3 is 10.2 Å². The van der Waals surface area contributed by atoms with E-state index in [1.807, 2.05) is 11.9 Å². The maximum atomic E-state index is 12.6. The Hall–Kier alpha value is -1.23. The molecular formula is C10H15FN4. The average molecular weight is 210 g/mol. The number of anilines is 1. The number of nitrogens with zero attached hydrogens (tertiary/aromatic N) is 3. The standard InChI is InChI=1S/C10H15FN4/c1-15(7-9-3-2-4-12-9)10-13-5-8(11)6-14-10/h5-6,9,12H,2-4,7H2,1H3/t9-/m0/s1. The van der Waals surface area contributed by atoms with E-state index in [1.165, 1.54) is 25.2 Å². The lowest BCUT2D eigenvalue weighted by molar-refractivity contribution is 0.587. The molecule has 1 aliphatic rings. The third-order valence-corrected chi connectivity index (χ3v) is 2.60. The molecule has 0 saturated carbocycles. The highest BCUT2D eigenvalue weighted by Crippen LogP contribution is 2.10. The molecule has 2 heterocycles. The number of halogens is 1. The highest BCUT2D eigenvalue weighted by Gasteiger charge is 2.16. The highest BCUT2D eigenvalue weighted by molar-refractivity contribution is 5.27. The maximum absolute atomic E-state index is 12.6. The summed E-state index contributed by atoms with van der Waals surface area (Å²) in [5.74, 6) is 0.177. The van der Waals surface area contributed by atoms with Gasteiger partial charge in [0, 0.05) is 19.6 Å². The molecule has 15 heavy (non-hydrogen) atoms. The molecule has 0 radical (unpaired) electrons. The van der Waals surface area contributed by atoms with Crippen LogP contribution in [0.1, 0.15) is 12.8 Å². The Morgan fingerprint density at radius 3 is 2.87 bits per heavy atom. The third kappa shape index (κ3) is 2.62. The Morgan fingerprint density at radius 2 is 2.27 bits per heavy atom. The van der Waals surface area contributed by atoms with Crippen LogP contribution in [0, 0.1) is 5.82 Å². The first kappa shape index (κ1) is 10.3. The molecule has 5 heteroatoms. The zero-order valence-corrected chi connectivity index (χ0v) is 8.78. The second kappa shape index (κ2) is 4.53. The van der Waals surface area contributed by atoms with Gasteiger partial charge in [-0.05, 0) is 19.4 Å². The van der Waals surface area contributed by atoms with Gasteiger partial charge in [0.05, 0.1) is 12.4 Å². The number of hydrogen-bond acceptors (Lipinski definition) is 4. The molecule has 1 N–H and O–H groups in total. The van der Waals surface area contributed by atoms with Gasteiger partial charge in [-0.2, -0.15) is 0 Å². The van der Waals surface area contributed by atoms with E-state index in [9.17, 15) is 4.39 Å². The minimum Gasteiger partial charge on any atom is -0.342 e. The van der Waals surface area contributed by atoms with Crippen LogP contribution in [0.4, 0.5) is 10.3 Å². The Balaban J connectivity index is 1.94. The van der Waals surface area contributed by atoms with Gasteiger partial charge in [0.15, 0.2) is 5.82 Å². The largest absolute Gasteiger partial charge is 0.342 e. The van der Waals surface area contributed by atoms with Crippen LogP contribution in [0.25, 0.3) is 0 Å². The van der Waals surface area contributed by atoms with E-state index >= 15 is 0 Å². The Kier molecular flexibility index (Phi) is 3.11. The van der Waals surface area contributed by atoms with E-state index in [0.717, 1.165) is 13.1 Å². The second-order valence-electron chi connectivity index (χ2n) is 3.88. The molecule has 1 atom stereocenters. The molecule has 0 aliphatic carbocycles. The number of nitrogens with one attached hydrogen (secondary N) is 1. The first-order valence-electron chi connectivity index (χ1n) is 5.18. The topological polar surface area (TPSA) is 41.0 Å². The summed E-state index contributed by atoms with van der Waals surface area (Å²) in [4.78, 5) is 9.81. The van der Waals surface area contributed by atoms with Crippen LogP contribution >= 0.6 is 0 Å². The van der Waals surface area contributed by atoms with E-state index in [2.05, 4.69) is 15.3 Å². The SMILES string of the molecule is CN(C[C@@H]1CCCN1)c1ncc(F)cn1. The van der Waals surface area contributed by atoms with Gasteiger partial charge in [-0.15, -0.1) is 0 Å². The number of aromatic nitrogens is 2. The lowest BCUT2D eigenvalue weighted by Gasteiger charge is -2.20. The first-order valence-corrected chi connectivity index (χ1v) is 5.18. The molecule has 0 spiro atoms. The van der Waals surface area contributed by atoms with Gasteiger partial charge in [-0.3, -0.25) is 0 Å². The van der Waals surface area contributed by atoms with Crippen molar-refractivity contribution in [2.75, 3.05) is 25.0 Å². The van der Waals surface area contributed by atoms with Crippen molar-refractivity contribution in [1.82, 2.24) is 15.3 Å². The highest BCUT2D eigenvalue weighted by atomic mass is 19.1. The lowest BCUT2D eigenvalue weighted by atomic mass is 10.2. The van der Waals surface area contributed by atoms with E-state index < -0.39 is 5.82 Å². The molecule has 1 aromatic heterocycles. The third-order valence-electron chi connectivity index (χ3n) is 2.60. The van der Waals surface area contributed by atoms with Crippen LogP contribution < -0.4 is 10.2 Å². The van der Waals surface area contributed by atoms with E-state index in [-0.39, 0.29) is 0 Å². The van der Waals surface area contributed by atoms with Gasteiger partial charge in [0.25, 0.3) is 0 Å². The zero-order chi connectivity index (χ0) is 10.7. The molecule has 0 amide bonds. The molecule has 0 bridgehead atoms. The monoisotopic (exact) mass is 210 g/mol. The molecule has 2 rings (SSSR count). The molecule has 1 fully saturated rings. The molecule has 4 nitrogen and oxygen atoms in total. The Bertz CT molecular complexity index is 308. The molecular weight excluding hydrogens is 195 g/mol. The van der Waals surface area contributed by atoms with Gasteiger partial charge in [-0.25, -0.2) is 14.4 Å². The molecule has 1 saturated heterocycles. The zero-order valence-electron chi connectivity index (χ0n) is 8.78. The first-order chi connectivity index (χ1) is 7.25. The molecule has 0 unspecified atom stereocenters. The fourth-order valence-corrected chi connectivity index (χ4v) is 1.83. The summed E-state index contributed by atoms with van der Waals surface area (Å²) in [6.07, 6.45) is 4.80. The van der Waals surface area contributed by atoms with Crippen molar-refractivity contribution in [3.63, 3.8) is 0 Å². The van der Waals surface area contributed by atoms with Crippen molar-refractivity contribution in [1.29, 1.82) is 0 Å². The summed E-state index contributed by atoms with van der Waals surface area (Å²) in [6, 6.07) is 0.503. The normalized spacial score (nSPS) is 20.5. The number of likely N-dealkylation sites (N-methyl/N-ethyl adjacent to an activating group) is 1. The quantitative estimate of drug-likeness (QED) is 0.801. The fraction of sp³-hybridized carbons (Fsp3) is 0.600. The smallest absolute Gasteiger partial charge is 0.225 e. The predicted molar refractivity (Wildman–Crippen MR) is 56.3 cm³/mol. The van der Waals surface area contributed by atoms with E-state index in [4.69, 9.17) is 0 Å². The van der Waals surface area contributed by atoms with Crippen LogP contribution in [0.2, 0.25) is 0 Å². The average Bonchev–Trinajstić information content (AvgIpc) is 2.71. The van der Waals surface area contributed by atoms with Gasteiger partial charge in [-0.1, -0.05) is 0 Å². The number of rotatable bonds is 3. The molecule has 0 aromatic carbocycles. The number of hydrogen-bond donors (Lipinski definition) is 1. The van der Waals surface area contributed by atoms with Crippen molar-refractivity contribution in [3.8, 4) is 0 Å².